The molecule has 0 fully saturated rings. The Morgan fingerprint density at radius 2 is 1.86 bits per heavy atom. The molecule has 0 aliphatic heterocycles. The normalized spacial score (nSPS) is 10.7. The molecule has 3 nitrogen and oxygen atoms in total. The van der Waals surface area contributed by atoms with Crippen LogP contribution in [0.15, 0.2) is 53.0 Å². The van der Waals surface area contributed by atoms with Crippen molar-refractivity contribution in [3.05, 3.63) is 69.8 Å². The van der Waals surface area contributed by atoms with E-state index in [1.54, 1.807) is 0 Å². The Balaban J connectivity index is 1.98. The van der Waals surface area contributed by atoms with Gasteiger partial charge in [-0.05, 0) is 43.7 Å². The topological polar surface area (TPSA) is 42.0 Å². The maximum atomic E-state index is 12.6. The van der Waals surface area contributed by atoms with Gasteiger partial charge in [-0.25, -0.2) is 0 Å². The van der Waals surface area contributed by atoms with Crippen molar-refractivity contribution < 1.29 is 4.79 Å². The van der Waals surface area contributed by atoms with E-state index in [0.29, 0.717) is 5.56 Å². The zero-order valence-electron chi connectivity index (χ0n) is 12.4. The minimum absolute atomic E-state index is 0.142. The number of rotatable bonds is 2. The van der Waals surface area contributed by atoms with E-state index in [1.807, 2.05) is 62.4 Å². The minimum Gasteiger partial charge on any atom is -0.322 e. The molecule has 1 amide bonds. The molecule has 1 N–H and O–H groups in total. The lowest BCUT2D eigenvalue weighted by Crippen LogP contribution is -2.15. The van der Waals surface area contributed by atoms with Crippen LogP contribution in [0.1, 0.15) is 21.6 Å². The van der Waals surface area contributed by atoms with Crippen molar-refractivity contribution >= 4 is 38.4 Å². The number of para-hydroxylation sites is 1. The smallest absolute Gasteiger partial charge is 0.257 e. The van der Waals surface area contributed by atoms with E-state index in [0.717, 1.165) is 32.3 Å². The number of carbonyl (C=O) groups excluding carboxylic acids is 1. The molecule has 0 saturated heterocycles. The lowest BCUT2D eigenvalue weighted by molar-refractivity contribution is 0.102. The SMILES string of the molecule is Cc1nc2ccccc2cc1C(=O)Nc1cccc(Br)c1C. The van der Waals surface area contributed by atoms with Crippen LogP contribution in [0.25, 0.3) is 10.9 Å². The quantitative estimate of drug-likeness (QED) is 0.713. The first-order valence-corrected chi connectivity index (χ1v) is 7.78. The van der Waals surface area contributed by atoms with Crippen LogP contribution in [0.3, 0.4) is 0 Å². The Hall–Kier alpha value is -2.20. The number of hydrogen-bond donors (Lipinski definition) is 1. The molecule has 3 rings (SSSR count). The van der Waals surface area contributed by atoms with Gasteiger partial charge in [0.1, 0.15) is 0 Å². The van der Waals surface area contributed by atoms with Gasteiger partial charge in [0.15, 0.2) is 0 Å². The molecule has 0 spiro atoms. The van der Waals surface area contributed by atoms with Crippen molar-refractivity contribution in [3.63, 3.8) is 0 Å². The number of anilines is 1. The van der Waals surface area contributed by atoms with Crippen LogP contribution in [0.2, 0.25) is 0 Å². The van der Waals surface area contributed by atoms with E-state index in [9.17, 15) is 4.79 Å². The van der Waals surface area contributed by atoms with Gasteiger partial charge in [-0.15, -0.1) is 0 Å². The monoisotopic (exact) mass is 354 g/mol. The first-order chi connectivity index (χ1) is 10.6. The summed E-state index contributed by atoms with van der Waals surface area (Å²) in [6.45, 7) is 3.82. The number of fused-ring (bicyclic) bond motifs is 1. The summed E-state index contributed by atoms with van der Waals surface area (Å²) < 4.78 is 0.971. The molecule has 0 bridgehead atoms. The predicted octanol–water partition coefficient (Wildman–Crippen LogP) is 4.87. The number of amides is 1. The van der Waals surface area contributed by atoms with Gasteiger partial charge in [0.05, 0.1) is 16.8 Å². The van der Waals surface area contributed by atoms with Crippen LogP contribution in [-0.2, 0) is 0 Å². The van der Waals surface area contributed by atoms with Crippen LogP contribution in [-0.4, -0.2) is 10.9 Å². The Kier molecular flexibility index (Phi) is 3.94. The van der Waals surface area contributed by atoms with Gasteiger partial charge >= 0.3 is 0 Å². The standard InChI is InChI=1S/C18H15BrN2O/c1-11-15(19)7-5-9-16(11)21-18(22)14-10-13-6-3-4-8-17(13)20-12(14)2/h3-10H,1-2H3,(H,21,22). The molecule has 0 atom stereocenters. The van der Waals surface area contributed by atoms with E-state index < -0.39 is 0 Å². The fourth-order valence-corrected chi connectivity index (χ4v) is 2.74. The second kappa shape index (κ2) is 5.89. The van der Waals surface area contributed by atoms with E-state index in [-0.39, 0.29) is 5.91 Å². The Morgan fingerprint density at radius 1 is 1.09 bits per heavy atom. The fourth-order valence-electron chi connectivity index (χ4n) is 2.37. The lowest BCUT2D eigenvalue weighted by atomic mass is 10.1. The predicted molar refractivity (Wildman–Crippen MR) is 93.3 cm³/mol. The van der Waals surface area contributed by atoms with Gasteiger partial charge in [-0.2, -0.15) is 0 Å². The highest BCUT2D eigenvalue weighted by molar-refractivity contribution is 9.10. The largest absolute Gasteiger partial charge is 0.322 e. The van der Waals surface area contributed by atoms with Crippen LogP contribution >= 0.6 is 15.9 Å². The average molecular weight is 355 g/mol. The zero-order chi connectivity index (χ0) is 15.7. The van der Waals surface area contributed by atoms with Crippen LogP contribution in [0.4, 0.5) is 5.69 Å². The van der Waals surface area contributed by atoms with Gasteiger partial charge in [0.25, 0.3) is 5.91 Å². The van der Waals surface area contributed by atoms with Gasteiger partial charge in [0.2, 0.25) is 0 Å². The Bertz CT molecular complexity index is 874. The van der Waals surface area contributed by atoms with E-state index in [2.05, 4.69) is 26.2 Å². The van der Waals surface area contributed by atoms with Gasteiger partial charge in [0, 0.05) is 15.5 Å². The van der Waals surface area contributed by atoms with Crippen molar-refractivity contribution in [2.75, 3.05) is 5.32 Å². The highest BCUT2D eigenvalue weighted by atomic mass is 79.9. The van der Waals surface area contributed by atoms with Crippen LogP contribution in [0, 0.1) is 13.8 Å². The molecule has 1 aromatic heterocycles. The summed E-state index contributed by atoms with van der Waals surface area (Å²) in [6, 6.07) is 15.4. The highest BCUT2D eigenvalue weighted by Crippen LogP contribution is 2.24. The first kappa shape index (κ1) is 14.7. The molecule has 110 valence electrons. The molecule has 1 heterocycles. The maximum Gasteiger partial charge on any atom is 0.257 e. The number of pyridine rings is 1. The second-order valence-electron chi connectivity index (χ2n) is 5.18. The summed E-state index contributed by atoms with van der Waals surface area (Å²) in [4.78, 5) is 17.1. The molecule has 2 aromatic carbocycles. The molecule has 4 heteroatoms. The van der Waals surface area contributed by atoms with Crippen molar-refractivity contribution in [1.82, 2.24) is 4.98 Å². The third kappa shape index (κ3) is 2.74. The van der Waals surface area contributed by atoms with E-state index >= 15 is 0 Å². The van der Waals surface area contributed by atoms with Crippen LogP contribution in [0.5, 0.6) is 0 Å². The fraction of sp³-hybridized carbons (Fsp3) is 0.111. The molecule has 0 radical (unpaired) electrons. The molecule has 0 aliphatic rings. The molecule has 0 saturated carbocycles. The number of nitrogens with zero attached hydrogens (tertiary/aromatic N) is 1. The summed E-state index contributed by atoms with van der Waals surface area (Å²) in [5, 5.41) is 3.93. The highest BCUT2D eigenvalue weighted by Gasteiger charge is 2.13. The molecular formula is C18H15BrN2O. The van der Waals surface area contributed by atoms with Crippen molar-refractivity contribution in [2.45, 2.75) is 13.8 Å². The van der Waals surface area contributed by atoms with Crippen LogP contribution < -0.4 is 5.32 Å². The van der Waals surface area contributed by atoms with Crippen molar-refractivity contribution in [1.29, 1.82) is 0 Å². The summed E-state index contributed by atoms with van der Waals surface area (Å²) in [5.74, 6) is -0.142. The molecule has 0 unspecified atom stereocenters. The number of halogens is 1. The number of benzene rings is 2. The summed E-state index contributed by atoms with van der Waals surface area (Å²) in [6.07, 6.45) is 0. The van der Waals surface area contributed by atoms with E-state index in [4.69, 9.17) is 0 Å². The number of nitrogens with one attached hydrogen (secondary N) is 1. The number of hydrogen-bond acceptors (Lipinski definition) is 2. The number of carbonyl (C=O) groups is 1. The zero-order valence-corrected chi connectivity index (χ0v) is 13.9. The minimum atomic E-state index is -0.142. The average Bonchev–Trinajstić information content (AvgIpc) is 2.51. The van der Waals surface area contributed by atoms with Gasteiger partial charge < -0.3 is 5.32 Å². The first-order valence-electron chi connectivity index (χ1n) is 6.99. The molecule has 3 aromatic rings. The number of aromatic nitrogens is 1. The van der Waals surface area contributed by atoms with Crippen molar-refractivity contribution in [3.8, 4) is 0 Å². The third-order valence-corrected chi connectivity index (χ3v) is 4.53. The maximum absolute atomic E-state index is 12.6. The summed E-state index contributed by atoms with van der Waals surface area (Å²) in [5.41, 5.74) is 4.02. The summed E-state index contributed by atoms with van der Waals surface area (Å²) >= 11 is 3.48. The van der Waals surface area contributed by atoms with Gasteiger partial charge in [-0.1, -0.05) is 40.2 Å². The second-order valence-corrected chi connectivity index (χ2v) is 6.03. The molecular weight excluding hydrogens is 340 g/mol. The molecule has 22 heavy (non-hydrogen) atoms. The van der Waals surface area contributed by atoms with E-state index in [1.165, 1.54) is 0 Å². The Morgan fingerprint density at radius 3 is 2.68 bits per heavy atom. The lowest BCUT2D eigenvalue weighted by Gasteiger charge is -2.11. The molecule has 0 aliphatic carbocycles. The Labute approximate surface area is 137 Å². The number of aryl methyl sites for hydroxylation is 1. The summed E-state index contributed by atoms with van der Waals surface area (Å²) in [7, 11) is 0. The van der Waals surface area contributed by atoms with Gasteiger partial charge in [-0.3, -0.25) is 9.78 Å². The van der Waals surface area contributed by atoms with Crippen molar-refractivity contribution in [2.24, 2.45) is 0 Å². The third-order valence-electron chi connectivity index (χ3n) is 3.68.